The van der Waals surface area contributed by atoms with E-state index in [1.807, 2.05) is 30.3 Å². The maximum atomic E-state index is 13.9. The number of nitrogens with zero attached hydrogens (tertiary/aromatic N) is 3. The van der Waals surface area contributed by atoms with Gasteiger partial charge in [-0.1, -0.05) is 30.3 Å². The van der Waals surface area contributed by atoms with Crippen molar-refractivity contribution in [3.8, 4) is 0 Å². The summed E-state index contributed by atoms with van der Waals surface area (Å²) in [6.45, 7) is 2.15. The van der Waals surface area contributed by atoms with Crippen molar-refractivity contribution in [1.29, 1.82) is 0 Å². The highest BCUT2D eigenvalue weighted by Gasteiger charge is 2.40. The predicted molar refractivity (Wildman–Crippen MR) is 105 cm³/mol. The second kappa shape index (κ2) is 8.28. The van der Waals surface area contributed by atoms with Crippen LogP contribution in [0.4, 0.5) is 4.39 Å². The van der Waals surface area contributed by atoms with Crippen LogP contribution >= 0.6 is 0 Å². The molecule has 0 spiro atoms. The summed E-state index contributed by atoms with van der Waals surface area (Å²) < 4.78 is 20.9. The summed E-state index contributed by atoms with van der Waals surface area (Å²) in [5, 5.41) is 13.0. The number of amides is 1. The first-order chi connectivity index (χ1) is 14.1. The second-order valence-corrected chi connectivity index (χ2v) is 7.22. The quantitative estimate of drug-likeness (QED) is 0.657. The largest absolute Gasteiger partial charge is 0.394 e. The topological polar surface area (TPSA) is 79.1 Å². The van der Waals surface area contributed by atoms with E-state index in [0.29, 0.717) is 26.3 Å². The monoisotopic (exact) mass is 398 g/mol. The van der Waals surface area contributed by atoms with Crippen LogP contribution in [0.3, 0.4) is 0 Å². The summed E-state index contributed by atoms with van der Waals surface area (Å²) in [6, 6.07) is 12.8. The highest BCUT2D eigenvalue weighted by atomic mass is 19.1. The molecule has 1 atom stereocenters. The fraction of sp³-hybridized carbons (Fsp3) is 0.333. The maximum Gasteiger partial charge on any atom is 0.287 e. The van der Waals surface area contributed by atoms with Crippen molar-refractivity contribution in [3.63, 3.8) is 0 Å². The Hall–Kier alpha value is -2.81. The van der Waals surface area contributed by atoms with Gasteiger partial charge in [-0.25, -0.2) is 9.37 Å². The van der Waals surface area contributed by atoms with Crippen LogP contribution in [0.25, 0.3) is 5.52 Å². The van der Waals surface area contributed by atoms with Gasteiger partial charge in [0.05, 0.1) is 31.6 Å². The number of benzene rings is 1. The first-order valence-corrected chi connectivity index (χ1v) is 9.50. The van der Waals surface area contributed by atoms with Crippen molar-refractivity contribution in [2.45, 2.75) is 12.1 Å². The minimum atomic E-state index is -0.748. The molecule has 1 amide bonds. The zero-order valence-electron chi connectivity index (χ0n) is 15.9. The van der Waals surface area contributed by atoms with Gasteiger partial charge in [-0.05, 0) is 17.7 Å². The van der Waals surface area contributed by atoms with Gasteiger partial charge in [-0.15, -0.1) is 0 Å². The van der Waals surface area contributed by atoms with Gasteiger partial charge in [0, 0.05) is 25.8 Å². The molecule has 0 bridgehead atoms. The van der Waals surface area contributed by atoms with E-state index in [0.717, 1.165) is 5.56 Å². The molecular weight excluding hydrogens is 375 g/mol. The summed E-state index contributed by atoms with van der Waals surface area (Å²) in [6.07, 6.45) is 2.92. The van der Waals surface area contributed by atoms with E-state index in [1.54, 1.807) is 6.20 Å². The number of rotatable bonds is 6. The molecule has 1 aromatic carbocycles. The highest BCUT2D eigenvalue weighted by Crippen LogP contribution is 2.22. The minimum absolute atomic E-state index is 0.0962. The standard InChI is InChI=1S/C21H23FN4O3/c22-17-7-4-8-26-18(17)11-23-19(26)20(28)24-13-21(14-27)15-29-10-9-25(21)12-16-5-2-1-3-6-16/h1-8,11,27H,9-10,12-15H2,(H,24,28). The third kappa shape index (κ3) is 3.87. The number of aromatic nitrogens is 2. The number of morpholine rings is 1. The molecule has 3 aromatic rings. The molecule has 2 N–H and O–H groups in total. The summed E-state index contributed by atoms with van der Waals surface area (Å²) in [5.74, 6) is -0.784. The number of hydrogen-bond donors (Lipinski definition) is 2. The summed E-state index contributed by atoms with van der Waals surface area (Å²) >= 11 is 0. The average Bonchev–Trinajstić information content (AvgIpc) is 3.19. The molecule has 1 saturated heterocycles. The van der Waals surface area contributed by atoms with Gasteiger partial charge < -0.3 is 15.2 Å². The second-order valence-electron chi connectivity index (χ2n) is 7.22. The van der Waals surface area contributed by atoms with E-state index in [9.17, 15) is 14.3 Å². The lowest BCUT2D eigenvalue weighted by molar-refractivity contribution is -0.0934. The first-order valence-electron chi connectivity index (χ1n) is 9.50. The number of halogens is 1. The number of carbonyl (C=O) groups is 1. The molecule has 3 heterocycles. The Morgan fingerprint density at radius 3 is 2.90 bits per heavy atom. The predicted octanol–water partition coefficient (Wildman–Crippen LogP) is 1.47. The molecular formula is C21H23FN4O3. The van der Waals surface area contributed by atoms with Crippen LogP contribution in [0.1, 0.15) is 16.2 Å². The van der Waals surface area contributed by atoms with Gasteiger partial charge in [0.1, 0.15) is 11.3 Å². The lowest BCUT2D eigenvalue weighted by Gasteiger charge is -2.45. The molecule has 0 radical (unpaired) electrons. The Bertz CT molecular complexity index is 994. The van der Waals surface area contributed by atoms with E-state index in [2.05, 4.69) is 15.2 Å². The average molecular weight is 398 g/mol. The van der Waals surface area contributed by atoms with Crippen molar-refractivity contribution in [2.75, 3.05) is 32.9 Å². The van der Waals surface area contributed by atoms with Crippen LogP contribution in [-0.2, 0) is 11.3 Å². The van der Waals surface area contributed by atoms with Crippen LogP contribution < -0.4 is 5.32 Å². The van der Waals surface area contributed by atoms with Crippen molar-refractivity contribution in [3.05, 3.63) is 72.1 Å². The van der Waals surface area contributed by atoms with E-state index in [4.69, 9.17) is 4.74 Å². The number of aliphatic hydroxyl groups is 1. The summed E-state index contributed by atoms with van der Waals surface area (Å²) in [4.78, 5) is 18.9. The molecule has 1 aliphatic rings. The number of fused-ring (bicyclic) bond motifs is 1. The minimum Gasteiger partial charge on any atom is -0.394 e. The fourth-order valence-electron chi connectivity index (χ4n) is 3.66. The first kappa shape index (κ1) is 19.5. The van der Waals surface area contributed by atoms with E-state index in [-0.39, 0.29) is 24.5 Å². The van der Waals surface area contributed by atoms with E-state index < -0.39 is 17.3 Å². The van der Waals surface area contributed by atoms with Crippen molar-refractivity contribution in [2.24, 2.45) is 0 Å². The van der Waals surface area contributed by atoms with E-state index >= 15 is 0 Å². The van der Waals surface area contributed by atoms with Crippen LogP contribution in [0.2, 0.25) is 0 Å². The van der Waals surface area contributed by atoms with Crippen LogP contribution in [0, 0.1) is 5.82 Å². The third-order valence-electron chi connectivity index (χ3n) is 5.36. The number of pyridine rings is 1. The summed E-state index contributed by atoms with van der Waals surface area (Å²) in [5.41, 5.74) is 0.608. The number of hydrogen-bond acceptors (Lipinski definition) is 5. The Kier molecular flexibility index (Phi) is 5.57. The van der Waals surface area contributed by atoms with Gasteiger partial charge in [0.25, 0.3) is 5.91 Å². The number of carbonyl (C=O) groups excluding carboxylic acids is 1. The van der Waals surface area contributed by atoms with Crippen LogP contribution in [0.5, 0.6) is 0 Å². The van der Waals surface area contributed by atoms with Gasteiger partial charge in [-0.3, -0.25) is 14.1 Å². The number of imidazole rings is 1. The molecule has 1 aliphatic heterocycles. The molecule has 1 unspecified atom stereocenters. The number of nitrogens with one attached hydrogen (secondary N) is 1. The molecule has 29 heavy (non-hydrogen) atoms. The van der Waals surface area contributed by atoms with Gasteiger partial charge in [0.15, 0.2) is 0 Å². The Morgan fingerprint density at radius 1 is 1.28 bits per heavy atom. The zero-order valence-corrected chi connectivity index (χ0v) is 15.9. The van der Waals surface area contributed by atoms with Crippen LogP contribution in [0.15, 0.2) is 54.9 Å². The number of ether oxygens (including phenoxy) is 1. The molecule has 4 rings (SSSR count). The third-order valence-corrected chi connectivity index (χ3v) is 5.36. The molecule has 2 aromatic heterocycles. The van der Waals surface area contributed by atoms with E-state index in [1.165, 1.54) is 22.7 Å². The Balaban J connectivity index is 1.51. The summed E-state index contributed by atoms with van der Waals surface area (Å²) in [7, 11) is 0. The molecule has 152 valence electrons. The molecule has 7 nitrogen and oxygen atoms in total. The van der Waals surface area contributed by atoms with Crippen molar-refractivity contribution >= 4 is 11.4 Å². The molecule has 8 heteroatoms. The zero-order chi connectivity index (χ0) is 20.3. The lowest BCUT2D eigenvalue weighted by Crippen LogP contribution is -2.64. The molecule has 1 fully saturated rings. The fourth-order valence-corrected chi connectivity index (χ4v) is 3.66. The van der Waals surface area contributed by atoms with Crippen molar-refractivity contribution < 1.29 is 19.0 Å². The smallest absolute Gasteiger partial charge is 0.287 e. The highest BCUT2D eigenvalue weighted by molar-refractivity contribution is 5.91. The SMILES string of the molecule is O=C(NCC1(CO)COCCN1Cc1ccccc1)c1ncc2c(F)cccn12. The van der Waals surface area contributed by atoms with Crippen molar-refractivity contribution in [1.82, 2.24) is 19.6 Å². The molecule has 0 aliphatic carbocycles. The van der Waals surface area contributed by atoms with Gasteiger partial charge >= 0.3 is 0 Å². The number of aliphatic hydroxyl groups excluding tert-OH is 1. The van der Waals surface area contributed by atoms with Gasteiger partial charge in [-0.2, -0.15) is 0 Å². The molecule has 0 saturated carbocycles. The Morgan fingerprint density at radius 2 is 2.10 bits per heavy atom. The Labute approximate surface area is 167 Å². The van der Waals surface area contributed by atoms with Crippen LogP contribution in [-0.4, -0.2) is 63.7 Å². The van der Waals surface area contributed by atoms with Gasteiger partial charge in [0.2, 0.25) is 5.82 Å². The normalized spacial score (nSPS) is 20.1. The lowest BCUT2D eigenvalue weighted by atomic mass is 9.96. The maximum absolute atomic E-state index is 13.9.